The molecule has 0 amide bonds. The van der Waals surface area contributed by atoms with Gasteiger partial charge in [-0.25, -0.2) is 0 Å². The summed E-state index contributed by atoms with van der Waals surface area (Å²) < 4.78 is 0. The summed E-state index contributed by atoms with van der Waals surface area (Å²) in [6, 6.07) is 0. The van der Waals surface area contributed by atoms with Crippen LogP contribution in [0.1, 0.15) is 39.5 Å². The molecule has 0 aromatic carbocycles. The largest absolute Gasteiger partial charge is 0.480 e. The van der Waals surface area contributed by atoms with Crippen molar-refractivity contribution < 1.29 is 9.90 Å². The first-order valence-electron chi connectivity index (χ1n) is 5.08. The van der Waals surface area contributed by atoms with Crippen molar-refractivity contribution in [2.24, 2.45) is 5.92 Å². The zero-order valence-corrected chi connectivity index (χ0v) is 8.47. The van der Waals surface area contributed by atoms with Crippen molar-refractivity contribution in [1.29, 1.82) is 0 Å². The minimum atomic E-state index is -0.690. The van der Waals surface area contributed by atoms with Crippen molar-refractivity contribution in [3.05, 3.63) is 0 Å². The predicted molar refractivity (Wildman–Crippen MR) is 51.7 cm³/mol. The summed E-state index contributed by atoms with van der Waals surface area (Å²) in [5, 5.41) is 12.4. The first-order chi connectivity index (χ1) is 6.09. The number of carboxylic acids is 1. The van der Waals surface area contributed by atoms with Crippen LogP contribution in [0.2, 0.25) is 0 Å². The average molecular weight is 185 g/mol. The second kappa shape index (κ2) is 4.09. The van der Waals surface area contributed by atoms with Crippen LogP contribution in [0.5, 0.6) is 0 Å². The SMILES string of the molecule is CC(C)[C@]1(C(=O)O)CCCCCN1. The molecule has 1 saturated heterocycles. The Morgan fingerprint density at radius 1 is 1.38 bits per heavy atom. The number of carboxylic acid groups (broad SMARTS) is 1. The highest BCUT2D eigenvalue weighted by atomic mass is 16.4. The molecule has 3 heteroatoms. The summed E-state index contributed by atoms with van der Waals surface area (Å²) in [5.74, 6) is -0.535. The molecule has 1 heterocycles. The summed E-state index contributed by atoms with van der Waals surface area (Å²) in [6.45, 7) is 4.80. The Bertz CT molecular complexity index is 181. The number of nitrogens with one attached hydrogen (secondary N) is 1. The van der Waals surface area contributed by atoms with Crippen LogP contribution in [0, 0.1) is 5.92 Å². The lowest BCUT2D eigenvalue weighted by atomic mass is 9.82. The van der Waals surface area contributed by atoms with Gasteiger partial charge in [-0.05, 0) is 25.3 Å². The zero-order chi connectivity index (χ0) is 9.90. The summed E-state index contributed by atoms with van der Waals surface area (Å²) >= 11 is 0. The van der Waals surface area contributed by atoms with Gasteiger partial charge in [0, 0.05) is 0 Å². The van der Waals surface area contributed by atoms with E-state index in [2.05, 4.69) is 5.32 Å². The molecule has 3 nitrogen and oxygen atoms in total. The van der Waals surface area contributed by atoms with Crippen LogP contribution in [-0.4, -0.2) is 23.2 Å². The molecular weight excluding hydrogens is 166 g/mol. The Hall–Kier alpha value is -0.570. The molecule has 76 valence electrons. The fourth-order valence-electron chi connectivity index (χ4n) is 2.03. The first-order valence-corrected chi connectivity index (χ1v) is 5.08. The number of hydrogen-bond acceptors (Lipinski definition) is 2. The van der Waals surface area contributed by atoms with Crippen molar-refractivity contribution in [3.8, 4) is 0 Å². The maximum Gasteiger partial charge on any atom is 0.324 e. The number of hydrogen-bond donors (Lipinski definition) is 2. The summed E-state index contributed by atoms with van der Waals surface area (Å²) in [6.07, 6.45) is 4.04. The minimum absolute atomic E-state index is 0.156. The standard InChI is InChI=1S/C10H19NO2/c1-8(2)10(9(12)13)6-4-3-5-7-11-10/h8,11H,3-7H2,1-2H3,(H,12,13)/t10-/m0/s1. The van der Waals surface area contributed by atoms with E-state index >= 15 is 0 Å². The molecule has 0 aromatic heterocycles. The molecule has 1 aliphatic heterocycles. The maximum atomic E-state index is 11.2. The average Bonchev–Trinajstić information content (AvgIpc) is 2.28. The fraction of sp³-hybridized carbons (Fsp3) is 0.900. The van der Waals surface area contributed by atoms with Crippen molar-refractivity contribution in [2.75, 3.05) is 6.54 Å². The van der Waals surface area contributed by atoms with Gasteiger partial charge in [-0.15, -0.1) is 0 Å². The third-order valence-corrected chi connectivity index (χ3v) is 3.06. The molecule has 0 aromatic rings. The molecule has 2 N–H and O–H groups in total. The van der Waals surface area contributed by atoms with Gasteiger partial charge in [0.15, 0.2) is 0 Å². The van der Waals surface area contributed by atoms with Gasteiger partial charge in [0.25, 0.3) is 0 Å². The van der Waals surface area contributed by atoms with Crippen LogP contribution in [0.3, 0.4) is 0 Å². The van der Waals surface area contributed by atoms with Gasteiger partial charge in [0.1, 0.15) is 5.54 Å². The molecule has 0 bridgehead atoms. The Morgan fingerprint density at radius 2 is 2.08 bits per heavy atom. The van der Waals surface area contributed by atoms with Gasteiger partial charge in [0.2, 0.25) is 0 Å². The minimum Gasteiger partial charge on any atom is -0.480 e. The number of rotatable bonds is 2. The topological polar surface area (TPSA) is 49.3 Å². The van der Waals surface area contributed by atoms with E-state index in [-0.39, 0.29) is 5.92 Å². The van der Waals surface area contributed by atoms with Crippen molar-refractivity contribution in [1.82, 2.24) is 5.32 Å². The normalized spacial score (nSPS) is 30.1. The molecule has 13 heavy (non-hydrogen) atoms. The molecule has 1 atom stereocenters. The fourth-order valence-corrected chi connectivity index (χ4v) is 2.03. The van der Waals surface area contributed by atoms with Gasteiger partial charge in [-0.3, -0.25) is 4.79 Å². The van der Waals surface area contributed by atoms with Crippen molar-refractivity contribution in [3.63, 3.8) is 0 Å². The zero-order valence-electron chi connectivity index (χ0n) is 8.47. The van der Waals surface area contributed by atoms with Crippen LogP contribution in [0.4, 0.5) is 0 Å². The van der Waals surface area contributed by atoms with E-state index < -0.39 is 11.5 Å². The molecule has 0 saturated carbocycles. The van der Waals surface area contributed by atoms with E-state index in [1.807, 2.05) is 13.8 Å². The lowest BCUT2D eigenvalue weighted by Crippen LogP contribution is -2.55. The van der Waals surface area contributed by atoms with Gasteiger partial charge in [-0.1, -0.05) is 26.7 Å². The molecule has 0 unspecified atom stereocenters. The van der Waals surface area contributed by atoms with Gasteiger partial charge >= 0.3 is 5.97 Å². The summed E-state index contributed by atoms with van der Waals surface area (Å²) in [7, 11) is 0. The number of carbonyl (C=O) groups is 1. The first kappa shape index (κ1) is 10.5. The molecule has 1 aliphatic rings. The van der Waals surface area contributed by atoms with Crippen LogP contribution < -0.4 is 5.32 Å². The third-order valence-electron chi connectivity index (χ3n) is 3.06. The van der Waals surface area contributed by atoms with Gasteiger partial charge in [0.05, 0.1) is 0 Å². The second-order valence-corrected chi connectivity index (χ2v) is 4.17. The van der Waals surface area contributed by atoms with E-state index in [4.69, 9.17) is 0 Å². The number of aliphatic carboxylic acids is 1. The van der Waals surface area contributed by atoms with Crippen molar-refractivity contribution in [2.45, 2.75) is 45.1 Å². The predicted octanol–water partition coefficient (Wildman–Crippen LogP) is 1.63. The van der Waals surface area contributed by atoms with Gasteiger partial charge < -0.3 is 10.4 Å². The molecule has 1 fully saturated rings. The summed E-state index contributed by atoms with van der Waals surface area (Å²) in [4.78, 5) is 11.2. The molecule has 0 spiro atoms. The quantitative estimate of drug-likeness (QED) is 0.687. The molecule has 1 rings (SSSR count). The van der Waals surface area contributed by atoms with Crippen LogP contribution in [0.15, 0.2) is 0 Å². The Morgan fingerprint density at radius 3 is 2.62 bits per heavy atom. The Labute approximate surface area is 79.5 Å². The Balaban J connectivity index is 2.80. The van der Waals surface area contributed by atoms with E-state index in [9.17, 15) is 9.90 Å². The molecular formula is C10H19NO2. The maximum absolute atomic E-state index is 11.2. The van der Waals surface area contributed by atoms with Crippen molar-refractivity contribution >= 4 is 5.97 Å². The van der Waals surface area contributed by atoms with E-state index in [0.717, 1.165) is 32.2 Å². The van der Waals surface area contributed by atoms with Crippen LogP contribution in [-0.2, 0) is 4.79 Å². The highest BCUT2D eigenvalue weighted by molar-refractivity contribution is 5.79. The van der Waals surface area contributed by atoms with Crippen LogP contribution >= 0.6 is 0 Å². The lowest BCUT2D eigenvalue weighted by Gasteiger charge is -2.33. The highest BCUT2D eigenvalue weighted by Crippen LogP contribution is 2.26. The Kier molecular flexibility index (Phi) is 3.31. The molecule has 0 aliphatic carbocycles. The van der Waals surface area contributed by atoms with E-state index in [1.54, 1.807) is 0 Å². The van der Waals surface area contributed by atoms with E-state index in [1.165, 1.54) is 0 Å². The smallest absolute Gasteiger partial charge is 0.324 e. The lowest BCUT2D eigenvalue weighted by molar-refractivity contribution is -0.147. The highest BCUT2D eigenvalue weighted by Gasteiger charge is 2.41. The summed E-state index contributed by atoms with van der Waals surface area (Å²) in [5.41, 5.74) is -0.670. The molecule has 0 radical (unpaired) electrons. The second-order valence-electron chi connectivity index (χ2n) is 4.17. The van der Waals surface area contributed by atoms with Crippen LogP contribution in [0.25, 0.3) is 0 Å². The monoisotopic (exact) mass is 185 g/mol. The third kappa shape index (κ3) is 2.02. The van der Waals surface area contributed by atoms with E-state index in [0.29, 0.717) is 0 Å². The van der Waals surface area contributed by atoms with Gasteiger partial charge in [-0.2, -0.15) is 0 Å².